The normalized spacial score (nSPS) is 12.3. The highest BCUT2D eigenvalue weighted by atomic mass is 35.5. The van der Waals surface area contributed by atoms with Crippen molar-refractivity contribution in [2.24, 2.45) is 17.2 Å². The van der Waals surface area contributed by atoms with Gasteiger partial charge in [-0.05, 0) is 36.1 Å². The van der Waals surface area contributed by atoms with Crippen LogP contribution in [-0.2, 0) is 27.3 Å². The van der Waals surface area contributed by atoms with E-state index >= 15 is 0 Å². The van der Waals surface area contributed by atoms with Gasteiger partial charge in [0.25, 0.3) is 0 Å². The van der Waals surface area contributed by atoms with Gasteiger partial charge in [-0.15, -0.1) is 0 Å². The van der Waals surface area contributed by atoms with Gasteiger partial charge >= 0.3 is 0 Å². The first-order valence-corrected chi connectivity index (χ1v) is 13.1. The molecule has 0 aliphatic rings. The summed E-state index contributed by atoms with van der Waals surface area (Å²) in [6, 6.07) is 10.9. The van der Waals surface area contributed by atoms with Crippen molar-refractivity contribution in [1.82, 2.24) is 15.5 Å². The second kappa shape index (κ2) is 16.6. The Morgan fingerprint density at radius 3 is 2.23 bits per heavy atom. The molecule has 0 fully saturated rings. The Morgan fingerprint density at radius 2 is 1.64 bits per heavy atom. The molecule has 0 saturated heterocycles. The van der Waals surface area contributed by atoms with Gasteiger partial charge in [0.2, 0.25) is 17.7 Å². The average Bonchev–Trinajstić information content (AvgIpc) is 2.93. The number of hydrogen-bond acceptors (Lipinski definition) is 8. The number of amides is 3. The molecular weight excluding hydrogens is 524 g/mol. The topological polar surface area (TPSA) is 175 Å². The molecule has 2 aromatic rings. The van der Waals surface area contributed by atoms with Crippen molar-refractivity contribution >= 4 is 29.3 Å². The lowest BCUT2D eigenvalue weighted by Crippen LogP contribution is -2.53. The molecule has 2 atom stereocenters. The van der Waals surface area contributed by atoms with Crippen LogP contribution in [-0.4, -0.2) is 75.1 Å². The van der Waals surface area contributed by atoms with Crippen LogP contribution in [0, 0.1) is 0 Å². The minimum atomic E-state index is -1.15. The van der Waals surface area contributed by atoms with Crippen molar-refractivity contribution in [3.05, 3.63) is 58.6 Å². The minimum absolute atomic E-state index is 0.133. The van der Waals surface area contributed by atoms with Crippen molar-refractivity contribution in [1.29, 1.82) is 0 Å². The fourth-order valence-corrected chi connectivity index (χ4v) is 4.28. The lowest BCUT2D eigenvalue weighted by molar-refractivity contribution is -0.135. The monoisotopic (exact) mass is 562 g/mol. The van der Waals surface area contributed by atoms with Crippen LogP contribution in [0.5, 0.6) is 11.5 Å². The third-order valence-electron chi connectivity index (χ3n) is 6.04. The van der Waals surface area contributed by atoms with E-state index in [1.54, 1.807) is 12.1 Å². The maximum Gasteiger partial charge on any atom is 0.242 e. The van der Waals surface area contributed by atoms with Crippen molar-refractivity contribution in [3.8, 4) is 11.5 Å². The Kier molecular flexibility index (Phi) is 13.5. The number of aryl methyl sites for hydroxylation is 1. The molecule has 8 N–H and O–H groups in total. The van der Waals surface area contributed by atoms with Crippen LogP contribution in [0.4, 0.5) is 0 Å². The highest BCUT2D eigenvalue weighted by Gasteiger charge is 2.26. The van der Waals surface area contributed by atoms with E-state index < -0.39 is 23.9 Å². The SMILES string of the molecule is COc1cc(CNC(=O)[C@H](CCc2ccccc2)NC(=O)[C@@H](N)CC(=O)N(CCN)CCN)cc(Cl)c1OC. The fraction of sp³-hybridized carbons (Fsp3) is 0.444. The zero-order chi connectivity index (χ0) is 28.8. The van der Waals surface area contributed by atoms with Crippen LogP contribution in [0.1, 0.15) is 24.0 Å². The largest absolute Gasteiger partial charge is 0.493 e. The summed E-state index contributed by atoms with van der Waals surface area (Å²) < 4.78 is 10.6. The Labute approximate surface area is 234 Å². The van der Waals surface area contributed by atoms with Gasteiger partial charge in [0.1, 0.15) is 6.04 Å². The molecule has 214 valence electrons. The molecule has 0 unspecified atom stereocenters. The van der Waals surface area contributed by atoms with Crippen molar-refractivity contribution < 1.29 is 23.9 Å². The molecule has 39 heavy (non-hydrogen) atoms. The summed E-state index contributed by atoms with van der Waals surface area (Å²) in [4.78, 5) is 40.2. The van der Waals surface area contributed by atoms with Gasteiger partial charge < -0.3 is 42.2 Å². The van der Waals surface area contributed by atoms with E-state index in [0.717, 1.165) is 5.56 Å². The molecule has 0 saturated carbocycles. The van der Waals surface area contributed by atoms with Gasteiger partial charge in [-0.25, -0.2) is 0 Å². The van der Waals surface area contributed by atoms with Gasteiger partial charge in [0.15, 0.2) is 11.5 Å². The Bertz CT molecular complexity index is 1080. The number of rotatable bonds is 16. The van der Waals surface area contributed by atoms with Crippen LogP contribution < -0.4 is 37.3 Å². The number of methoxy groups -OCH3 is 2. The maximum absolute atomic E-state index is 13.2. The number of benzene rings is 2. The molecule has 0 bridgehead atoms. The van der Waals surface area contributed by atoms with Crippen molar-refractivity contribution in [2.45, 2.75) is 37.9 Å². The van der Waals surface area contributed by atoms with E-state index in [1.165, 1.54) is 19.1 Å². The van der Waals surface area contributed by atoms with E-state index in [4.69, 9.17) is 38.3 Å². The zero-order valence-corrected chi connectivity index (χ0v) is 23.2. The summed E-state index contributed by atoms with van der Waals surface area (Å²) >= 11 is 6.28. The minimum Gasteiger partial charge on any atom is -0.493 e. The third kappa shape index (κ3) is 10.0. The van der Waals surface area contributed by atoms with Crippen LogP contribution in [0.2, 0.25) is 5.02 Å². The maximum atomic E-state index is 13.2. The Balaban J connectivity index is 2.11. The Hall–Kier alpha value is -3.38. The summed E-state index contributed by atoms with van der Waals surface area (Å²) in [5, 5.41) is 5.89. The predicted molar refractivity (Wildman–Crippen MR) is 150 cm³/mol. The molecule has 0 heterocycles. The number of nitrogens with two attached hydrogens (primary N) is 3. The Morgan fingerprint density at radius 1 is 0.974 bits per heavy atom. The molecule has 11 nitrogen and oxygen atoms in total. The zero-order valence-electron chi connectivity index (χ0n) is 22.5. The number of carbonyl (C=O) groups is 3. The molecule has 12 heteroatoms. The van der Waals surface area contributed by atoms with Gasteiger partial charge in [-0.3, -0.25) is 14.4 Å². The van der Waals surface area contributed by atoms with Crippen molar-refractivity contribution in [2.75, 3.05) is 40.4 Å². The molecule has 2 rings (SSSR count). The highest BCUT2D eigenvalue weighted by molar-refractivity contribution is 6.32. The summed E-state index contributed by atoms with van der Waals surface area (Å²) in [7, 11) is 2.97. The highest BCUT2D eigenvalue weighted by Crippen LogP contribution is 2.35. The first kappa shape index (κ1) is 31.8. The lowest BCUT2D eigenvalue weighted by Gasteiger charge is -2.24. The number of ether oxygens (including phenoxy) is 2. The molecule has 0 radical (unpaired) electrons. The first-order chi connectivity index (χ1) is 18.7. The van der Waals surface area contributed by atoms with Gasteiger partial charge in [0, 0.05) is 32.7 Å². The van der Waals surface area contributed by atoms with Gasteiger partial charge in [-0.1, -0.05) is 41.9 Å². The standard InChI is InChI=1S/C27H39ClN6O5/c1-38-23-15-19(14-20(28)25(23)39-2)17-32-27(37)22(9-8-18-6-4-3-5-7-18)33-26(36)21(31)16-24(35)34(12-10-29)13-11-30/h3-7,14-15,21-22H,8-13,16-17,29-31H2,1-2H3,(H,32,37)(H,33,36)/t21-,22-/m0/s1. The molecular formula is C27H39ClN6O5. The van der Waals surface area contributed by atoms with Crippen LogP contribution in [0.25, 0.3) is 0 Å². The summed E-state index contributed by atoms with van der Waals surface area (Å²) in [5.74, 6) is -0.522. The van der Waals surface area contributed by atoms with Crippen molar-refractivity contribution in [3.63, 3.8) is 0 Å². The van der Waals surface area contributed by atoms with E-state index in [1.807, 2.05) is 30.3 Å². The van der Waals surface area contributed by atoms with Crippen LogP contribution in [0.15, 0.2) is 42.5 Å². The lowest BCUT2D eigenvalue weighted by atomic mass is 10.0. The van der Waals surface area contributed by atoms with E-state index in [-0.39, 0.29) is 32.0 Å². The molecule has 0 aliphatic carbocycles. The smallest absolute Gasteiger partial charge is 0.242 e. The molecule has 0 aliphatic heterocycles. The number of nitrogens with zero attached hydrogens (tertiary/aromatic N) is 1. The predicted octanol–water partition coefficient (Wildman–Crippen LogP) is 0.554. The number of hydrogen-bond donors (Lipinski definition) is 5. The summed E-state index contributed by atoms with van der Waals surface area (Å²) in [6.45, 7) is 1.29. The first-order valence-electron chi connectivity index (χ1n) is 12.7. The van der Waals surface area contributed by atoms with Crippen LogP contribution in [0.3, 0.4) is 0 Å². The van der Waals surface area contributed by atoms with Gasteiger partial charge in [-0.2, -0.15) is 0 Å². The van der Waals surface area contributed by atoms with Crippen LogP contribution >= 0.6 is 11.6 Å². The molecule has 0 spiro atoms. The number of halogens is 1. The van der Waals surface area contributed by atoms with E-state index in [2.05, 4.69) is 10.6 Å². The number of carbonyl (C=O) groups excluding carboxylic acids is 3. The fourth-order valence-electron chi connectivity index (χ4n) is 3.97. The summed E-state index contributed by atoms with van der Waals surface area (Å²) in [5.41, 5.74) is 18.9. The molecule has 3 amide bonds. The molecule has 0 aromatic heterocycles. The summed E-state index contributed by atoms with van der Waals surface area (Å²) in [6.07, 6.45) is 0.626. The third-order valence-corrected chi connectivity index (χ3v) is 6.32. The second-order valence-corrected chi connectivity index (χ2v) is 9.29. The van der Waals surface area contributed by atoms with E-state index in [9.17, 15) is 14.4 Å². The quantitative estimate of drug-likeness (QED) is 0.197. The second-order valence-electron chi connectivity index (χ2n) is 8.89. The number of nitrogens with one attached hydrogen (secondary N) is 2. The van der Waals surface area contributed by atoms with E-state index in [0.29, 0.717) is 48.0 Å². The van der Waals surface area contributed by atoms with Gasteiger partial charge in [0.05, 0.1) is 31.7 Å². The average molecular weight is 563 g/mol. The molecule has 2 aromatic carbocycles.